The van der Waals surface area contributed by atoms with Crippen molar-refractivity contribution >= 4 is 23.2 Å². The fraction of sp³-hybridized carbons (Fsp3) is 0.583. The number of aryl methyl sites for hydroxylation is 1. The Morgan fingerprint density at radius 2 is 2.28 bits per heavy atom. The molecular weight excluding hydrogens is 250 g/mol. The molecule has 0 bridgehead atoms. The fourth-order valence-corrected chi connectivity index (χ4v) is 2.95. The van der Waals surface area contributed by atoms with Gasteiger partial charge in [0.2, 0.25) is 11.8 Å². The first kappa shape index (κ1) is 13.0. The van der Waals surface area contributed by atoms with Crippen molar-refractivity contribution in [2.45, 2.75) is 33.4 Å². The molecule has 1 aliphatic rings. The van der Waals surface area contributed by atoms with E-state index in [4.69, 9.17) is 0 Å². The third kappa shape index (κ3) is 2.53. The van der Waals surface area contributed by atoms with E-state index in [-0.39, 0.29) is 30.3 Å². The van der Waals surface area contributed by atoms with E-state index in [1.165, 1.54) is 0 Å². The Hall–Kier alpha value is -1.43. The van der Waals surface area contributed by atoms with Crippen LogP contribution in [-0.4, -0.2) is 34.3 Å². The van der Waals surface area contributed by atoms with Gasteiger partial charge in [0.25, 0.3) is 0 Å². The molecule has 1 N–H and O–H groups in total. The van der Waals surface area contributed by atoms with Crippen LogP contribution in [0.4, 0.5) is 0 Å². The number of hydrogen-bond donors (Lipinski definition) is 1. The Morgan fingerprint density at radius 1 is 1.56 bits per heavy atom. The summed E-state index contributed by atoms with van der Waals surface area (Å²) in [5.41, 5.74) is 0. The van der Waals surface area contributed by atoms with Crippen LogP contribution in [-0.2, 0) is 16.1 Å². The SMILES string of the molecule is Cc1ncc(CN2C(=O)CNC(=O)C2C(C)C)s1. The molecule has 5 nitrogen and oxygen atoms in total. The number of aromatic nitrogens is 1. The van der Waals surface area contributed by atoms with E-state index in [1.54, 1.807) is 22.4 Å². The van der Waals surface area contributed by atoms with E-state index in [9.17, 15) is 9.59 Å². The van der Waals surface area contributed by atoms with Crippen molar-refractivity contribution in [3.8, 4) is 0 Å². The van der Waals surface area contributed by atoms with E-state index < -0.39 is 0 Å². The van der Waals surface area contributed by atoms with Crippen LogP contribution in [0.25, 0.3) is 0 Å². The fourth-order valence-electron chi connectivity index (χ4n) is 2.16. The van der Waals surface area contributed by atoms with E-state index in [0.29, 0.717) is 6.54 Å². The zero-order valence-electron chi connectivity index (χ0n) is 10.8. The number of thiazole rings is 1. The van der Waals surface area contributed by atoms with Gasteiger partial charge >= 0.3 is 0 Å². The van der Waals surface area contributed by atoms with Crippen molar-refractivity contribution in [1.82, 2.24) is 15.2 Å². The first-order valence-corrected chi connectivity index (χ1v) is 6.79. The van der Waals surface area contributed by atoms with Crippen LogP contribution in [0.5, 0.6) is 0 Å². The van der Waals surface area contributed by atoms with Crippen LogP contribution >= 0.6 is 11.3 Å². The maximum atomic E-state index is 12.0. The Bertz CT molecular complexity index is 470. The summed E-state index contributed by atoms with van der Waals surface area (Å²) < 4.78 is 0. The van der Waals surface area contributed by atoms with E-state index in [1.807, 2.05) is 20.8 Å². The van der Waals surface area contributed by atoms with Gasteiger partial charge in [-0.25, -0.2) is 4.98 Å². The number of hydrogen-bond acceptors (Lipinski definition) is 4. The van der Waals surface area contributed by atoms with Crippen LogP contribution in [0.2, 0.25) is 0 Å². The third-order valence-electron chi connectivity index (χ3n) is 2.97. The van der Waals surface area contributed by atoms with Crippen LogP contribution < -0.4 is 5.32 Å². The van der Waals surface area contributed by atoms with Crippen molar-refractivity contribution in [3.05, 3.63) is 16.1 Å². The molecule has 0 radical (unpaired) electrons. The molecule has 1 unspecified atom stereocenters. The number of carbonyl (C=O) groups is 2. The normalized spacial score (nSPS) is 20.4. The van der Waals surface area contributed by atoms with E-state index in [2.05, 4.69) is 10.3 Å². The van der Waals surface area contributed by atoms with Gasteiger partial charge in [-0.15, -0.1) is 11.3 Å². The lowest BCUT2D eigenvalue weighted by Crippen LogP contribution is -2.59. The number of rotatable bonds is 3. The highest BCUT2D eigenvalue weighted by atomic mass is 32.1. The third-order valence-corrected chi connectivity index (χ3v) is 3.86. The topological polar surface area (TPSA) is 62.3 Å². The van der Waals surface area contributed by atoms with Crippen LogP contribution in [0.1, 0.15) is 23.7 Å². The van der Waals surface area contributed by atoms with Crippen molar-refractivity contribution in [1.29, 1.82) is 0 Å². The van der Waals surface area contributed by atoms with Gasteiger partial charge in [-0.1, -0.05) is 13.8 Å². The molecule has 0 spiro atoms. The molecule has 0 aliphatic carbocycles. The van der Waals surface area contributed by atoms with Gasteiger partial charge in [0.05, 0.1) is 18.1 Å². The minimum atomic E-state index is -0.381. The molecule has 0 aromatic carbocycles. The summed E-state index contributed by atoms with van der Waals surface area (Å²) in [6.45, 7) is 6.40. The van der Waals surface area contributed by atoms with Crippen molar-refractivity contribution in [2.24, 2.45) is 5.92 Å². The first-order chi connectivity index (χ1) is 8.49. The molecule has 1 saturated heterocycles. The molecule has 2 heterocycles. The van der Waals surface area contributed by atoms with E-state index in [0.717, 1.165) is 9.88 Å². The Labute approximate surface area is 110 Å². The lowest BCUT2D eigenvalue weighted by molar-refractivity contribution is -0.148. The number of nitrogens with one attached hydrogen (secondary N) is 1. The molecule has 6 heteroatoms. The molecule has 1 aromatic heterocycles. The molecule has 1 atom stereocenters. The molecule has 2 amide bonds. The quantitative estimate of drug-likeness (QED) is 0.886. The lowest BCUT2D eigenvalue weighted by atomic mass is 9.99. The van der Waals surface area contributed by atoms with Gasteiger partial charge in [0.1, 0.15) is 6.04 Å². The second-order valence-electron chi connectivity index (χ2n) is 4.77. The van der Waals surface area contributed by atoms with Gasteiger partial charge in [-0.2, -0.15) is 0 Å². The molecule has 98 valence electrons. The van der Waals surface area contributed by atoms with E-state index >= 15 is 0 Å². The Kier molecular flexibility index (Phi) is 3.65. The largest absolute Gasteiger partial charge is 0.345 e. The predicted molar refractivity (Wildman–Crippen MR) is 69.0 cm³/mol. The van der Waals surface area contributed by atoms with Crippen LogP contribution in [0.15, 0.2) is 6.20 Å². The van der Waals surface area contributed by atoms with Crippen molar-refractivity contribution in [2.75, 3.05) is 6.54 Å². The highest BCUT2D eigenvalue weighted by molar-refractivity contribution is 7.11. The molecule has 0 saturated carbocycles. The molecule has 1 aromatic rings. The van der Waals surface area contributed by atoms with Gasteiger partial charge in [-0.3, -0.25) is 9.59 Å². The second-order valence-corrected chi connectivity index (χ2v) is 6.09. The maximum absolute atomic E-state index is 12.0. The zero-order chi connectivity index (χ0) is 13.3. The van der Waals surface area contributed by atoms with Crippen LogP contribution in [0, 0.1) is 12.8 Å². The minimum Gasteiger partial charge on any atom is -0.345 e. The zero-order valence-corrected chi connectivity index (χ0v) is 11.6. The predicted octanol–water partition coefficient (Wildman–Crippen LogP) is 0.935. The number of nitrogens with zero attached hydrogens (tertiary/aromatic N) is 2. The molecule has 1 aliphatic heterocycles. The first-order valence-electron chi connectivity index (χ1n) is 5.97. The van der Waals surface area contributed by atoms with Gasteiger partial charge in [0.15, 0.2) is 0 Å². The highest BCUT2D eigenvalue weighted by Gasteiger charge is 2.36. The maximum Gasteiger partial charge on any atom is 0.243 e. The van der Waals surface area contributed by atoms with Gasteiger partial charge in [0, 0.05) is 11.1 Å². The Morgan fingerprint density at radius 3 is 2.83 bits per heavy atom. The summed E-state index contributed by atoms with van der Waals surface area (Å²) in [7, 11) is 0. The number of amides is 2. The van der Waals surface area contributed by atoms with Crippen molar-refractivity contribution in [3.63, 3.8) is 0 Å². The van der Waals surface area contributed by atoms with Crippen molar-refractivity contribution < 1.29 is 9.59 Å². The average Bonchev–Trinajstić information content (AvgIpc) is 2.69. The summed E-state index contributed by atoms with van der Waals surface area (Å²) in [5, 5.41) is 3.61. The minimum absolute atomic E-state index is 0.0284. The summed E-state index contributed by atoms with van der Waals surface area (Å²) in [6.07, 6.45) is 1.77. The number of carbonyl (C=O) groups excluding carboxylic acids is 2. The second kappa shape index (κ2) is 5.06. The average molecular weight is 267 g/mol. The molecule has 2 rings (SSSR count). The highest BCUT2D eigenvalue weighted by Crippen LogP contribution is 2.21. The summed E-state index contributed by atoms with van der Waals surface area (Å²) >= 11 is 1.56. The monoisotopic (exact) mass is 267 g/mol. The Balaban J connectivity index is 2.20. The molecule has 18 heavy (non-hydrogen) atoms. The van der Waals surface area contributed by atoms with Crippen LogP contribution in [0.3, 0.4) is 0 Å². The standard InChI is InChI=1S/C12H17N3O2S/c1-7(2)11-12(17)14-5-10(16)15(11)6-9-4-13-8(3)18-9/h4,7,11H,5-6H2,1-3H3,(H,14,17). The summed E-state index contributed by atoms with van der Waals surface area (Å²) in [6, 6.07) is -0.381. The van der Waals surface area contributed by atoms with Gasteiger partial charge in [-0.05, 0) is 12.8 Å². The smallest absolute Gasteiger partial charge is 0.243 e. The molecule has 1 fully saturated rings. The lowest BCUT2D eigenvalue weighted by Gasteiger charge is -2.36. The number of piperazine rings is 1. The molecular formula is C12H17N3O2S. The summed E-state index contributed by atoms with van der Waals surface area (Å²) in [5.74, 6) is 0.00783. The van der Waals surface area contributed by atoms with Gasteiger partial charge < -0.3 is 10.2 Å². The summed E-state index contributed by atoms with van der Waals surface area (Å²) in [4.78, 5) is 30.7.